The maximum absolute atomic E-state index is 13.4. The van der Waals surface area contributed by atoms with Crippen LogP contribution in [-0.2, 0) is 16.2 Å². The first kappa shape index (κ1) is 17.2. The van der Waals surface area contributed by atoms with Crippen molar-refractivity contribution in [1.82, 2.24) is 9.78 Å². The van der Waals surface area contributed by atoms with E-state index in [9.17, 15) is 4.39 Å². The molecule has 0 saturated carbocycles. The van der Waals surface area contributed by atoms with Gasteiger partial charge in [0.2, 0.25) is 0 Å². The minimum absolute atomic E-state index is 0.142. The number of rotatable bonds is 8. The lowest BCUT2D eigenvalue weighted by Crippen LogP contribution is -2.22. The van der Waals surface area contributed by atoms with E-state index in [1.54, 1.807) is 10.9 Å². The van der Waals surface area contributed by atoms with Gasteiger partial charge in [-0.15, -0.1) is 5.10 Å². The molecular formula is C14H26FN3O3Si. The molecule has 8 heteroatoms. The van der Waals surface area contributed by atoms with Gasteiger partial charge in [-0.1, -0.05) is 19.6 Å². The number of hydrogen-bond donors (Lipinski definition) is 1. The topological polar surface area (TPSA) is 71.5 Å². The summed E-state index contributed by atoms with van der Waals surface area (Å²) in [4.78, 5) is 0. The van der Waals surface area contributed by atoms with Crippen LogP contribution in [0, 0.1) is 5.92 Å². The number of nitrogens with two attached hydrogens (primary N) is 1. The monoisotopic (exact) mass is 331 g/mol. The Bertz CT molecular complexity index is 478. The third-order valence-electron chi connectivity index (χ3n) is 3.53. The standard InChI is InChI=1S/C14H26FN3O3Si/c1-22(2,3)5-4-19-10-18-6-13(16)14(17-18)21-8-11-7-20-9-12(11)15/h6,11-12H,4-5,7-10,16H2,1-3H3/t11-,12-/m1/s1. The summed E-state index contributed by atoms with van der Waals surface area (Å²) in [6.45, 7) is 8.71. The zero-order valence-electron chi connectivity index (χ0n) is 13.5. The Morgan fingerprint density at radius 2 is 2.23 bits per heavy atom. The van der Waals surface area contributed by atoms with Gasteiger partial charge in [0.25, 0.3) is 5.88 Å². The SMILES string of the molecule is C[Si](C)(C)CCOCn1cc(N)c(OC[C@H]2COC[C@H]2F)n1. The summed E-state index contributed by atoms with van der Waals surface area (Å²) in [5.74, 6) is 0.0745. The van der Waals surface area contributed by atoms with Gasteiger partial charge in [-0.3, -0.25) is 0 Å². The highest BCUT2D eigenvalue weighted by molar-refractivity contribution is 6.76. The zero-order valence-corrected chi connectivity index (χ0v) is 14.5. The largest absolute Gasteiger partial charge is 0.475 e. The van der Waals surface area contributed by atoms with Gasteiger partial charge in [0, 0.05) is 14.7 Å². The quantitative estimate of drug-likeness (QED) is 0.584. The molecule has 0 bridgehead atoms. The summed E-state index contributed by atoms with van der Waals surface area (Å²) in [5.41, 5.74) is 6.29. The molecule has 1 saturated heterocycles. The van der Waals surface area contributed by atoms with Gasteiger partial charge in [0.1, 0.15) is 18.6 Å². The van der Waals surface area contributed by atoms with Crippen molar-refractivity contribution in [2.75, 3.05) is 32.2 Å². The summed E-state index contributed by atoms with van der Waals surface area (Å²) in [6, 6.07) is 1.10. The second-order valence-corrected chi connectivity index (χ2v) is 12.5. The van der Waals surface area contributed by atoms with Crippen molar-refractivity contribution in [3.05, 3.63) is 6.20 Å². The molecule has 2 N–H and O–H groups in total. The van der Waals surface area contributed by atoms with E-state index in [1.165, 1.54) is 0 Å². The molecule has 126 valence electrons. The number of anilines is 1. The number of hydrogen-bond acceptors (Lipinski definition) is 5. The molecule has 2 rings (SSSR count). The van der Waals surface area contributed by atoms with Gasteiger partial charge in [-0.05, 0) is 6.04 Å². The van der Waals surface area contributed by atoms with Gasteiger partial charge in [0.15, 0.2) is 0 Å². The second kappa shape index (κ2) is 7.43. The number of halogens is 1. The van der Waals surface area contributed by atoms with Gasteiger partial charge in [-0.2, -0.15) is 0 Å². The minimum Gasteiger partial charge on any atom is -0.475 e. The van der Waals surface area contributed by atoms with Crippen LogP contribution in [-0.4, -0.2) is 50.5 Å². The molecule has 0 aliphatic carbocycles. The van der Waals surface area contributed by atoms with Crippen molar-refractivity contribution < 1.29 is 18.6 Å². The van der Waals surface area contributed by atoms with Crippen LogP contribution in [0.15, 0.2) is 6.20 Å². The maximum Gasteiger partial charge on any atom is 0.256 e. The summed E-state index contributed by atoms with van der Waals surface area (Å²) in [5, 5.41) is 4.22. The Morgan fingerprint density at radius 3 is 2.86 bits per heavy atom. The maximum atomic E-state index is 13.4. The Morgan fingerprint density at radius 1 is 1.45 bits per heavy atom. The molecule has 22 heavy (non-hydrogen) atoms. The molecule has 6 nitrogen and oxygen atoms in total. The molecule has 0 amide bonds. The molecule has 0 radical (unpaired) electrons. The average molecular weight is 331 g/mol. The molecule has 1 aliphatic heterocycles. The van der Waals surface area contributed by atoms with Gasteiger partial charge >= 0.3 is 0 Å². The van der Waals surface area contributed by atoms with Crippen LogP contribution in [0.1, 0.15) is 0 Å². The van der Waals surface area contributed by atoms with E-state index in [1.807, 2.05) is 0 Å². The molecule has 1 aromatic heterocycles. The number of ether oxygens (including phenoxy) is 3. The molecule has 0 aromatic carbocycles. The fourth-order valence-electron chi connectivity index (χ4n) is 2.04. The van der Waals surface area contributed by atoms with Gasteiger partial charge in [-0.25, -0.2) is 9.07 Å². The molecule has 1 aliphatic rings. The first-order valence-electron chi connectivity index (χ1n) is 7.60. The van der Waals surface area contributed by atoms with Gasteiger partial charge in [0.05, 0.1) is 31.9 Å². The summed E-state index contributed by atoms with van der Waals surface area (Å²) in [7, 11) is -1.09. The highest BCUT2D eigenvalue weighted by Gasteiger charge is 2.29. The number of alkyl halides is 1. The van der Waals surface area contributed by atoms with E-state index < -0.39 is 14.2 Å². The van der Waals surface area contributed by atoms with E-state index in [4.69, 9.17) is 19.9 Å². The van der Waals surface area contributed by atoms with E-state index in [0.717, 1.165) is 6.04 Å². The Kier molecular flexibility index (Phi) is 5.82. The molecule has 2 heterocycles. The third-order valence-corrected chi connectivity index (χ3v) is 5.23. The Hall–Kier alpha value is -1.12. The van der Waals surface area contributed by atoms with E-state index >= 15 is 0 Å². The molecule has 2 atom stereocenters. The first-order valence-corrected chi connectivity index (χ1v) is 11.3. The fourth-order valence-corrected chi connectivity index (χ4v) is 2.80. The predicted octanol–water partition coefficient (Wildman–Crippen LogP) is 2.14. The molecule has 1 aromatic rings. The lowest BCUT2D eigenvalue weighted by Gasteiger charge is -2.15. The molecule has 0 unspecified atom stereocenters. The van der Waals surface area contributed by atoms with Crippen LogP contribution in [0.25, 0.3) is 0 Å². The third kappa shape index (κ3) is 5.26. The van der Waals surface area contributed by atoms with Crippen molar-refractivity contribution in [3.63, 3.8) is 0 Å². The van der Waals surface area contributed by atoms with E-state index in [2.05, 4.69) is 24.7 Å². The molecular weight excluding hydrogens is 305 g/mol. The minimum atomic E-state index is -1.09. The smallest absolute Gasteiger partial charge is 0.256 e. The van der Waals surface area contributed by atoms with Crippen molar-refractivity contribution >= 4 is 13.8 Å². The fraction of sp³-hybridized carbons (Fsp3) is 0.786. The zero-order chi connectivity index (χ0) is 16.2. The average Bonchev–Trinajstić information content (AvgIpc) is 2.98. The van der Waals surface area contributed by atoms with Gasteiger partial charge < -0.3 is 19.9 Å². The van der Waals surface area contributed by atoms with E-state index in [-0.39, 0.29) is 19.1 Å². The van der Waals surface area contributed by atoms with Crippen molar-refractivity contribution in [3.8, 4) is 5.88 Å². The lowest BCUT2D eigenvalue weighted by molar-refractivity contribution is 0.0769. The second-order valence-electron chi connectivity index (χ2n) is 6.90. The molecule has 0 spiro atoms. The number of nitrogens with zero attached hydrogens (tertiary/aromatic N) is 2. The predicted molar refractivity (Wildman–Crippen MR) is 85.4 cm³/mol. The van der Waals surface area contributed by atoms with Crippen LogP contribution in [0.2, 0.25) is 25.7 Å². The summed E-state index contributed by atoms with van der Waals surface area (Å²) < 4.78 is 31.2. The van der Waals surface area contributed by atoms with Crippen molar-refractivity contribution in [1.29, 1.82) is 0 Å². The first-order chi connectivity index (χ1) is 10.3. The van der Waals surface area contributed by atoms with Crippen molar-refractivity contribution in [2.45, 2.75) is 38.6 Å². The van der Waals surface area contributed by atoms with Crippen LogP contribution in [0.5, 0.6) is 5.88 Å². The Balaban J connectivity index is 1.75. The summed E-state index contributed by atoms with van der Waals surface area (Å²) in [6.07, 6.45) is 0.690. The lowest BCUT2D eigenvalue weighted by atomic mass is 10.1. The van der Waals surface area contributed by atoms with Crippen molar-refractivity contribution in [2.24, 2.45) is 5.92 Å². The molecule has 1 fully saturated rings. The number of aromatic nitrogens is 2. The normalized spacial score (nSPS) is 22.2. The van der Waals surface area contributed by atoms with Crippen LogP contribution in [0.4, 0.5) is 10.1 Å². The van der Waals surface area contributed by atoms with Crippen LogP contribution < -0.4 is 10.5 Å². The highest BCUT2D eigenvalue weighted by atomic mass is 28.3. The van der Waals surface area contributed by atoms with Crippen LogP contribution in [0.3, 0.4) is 0 Å². The summed E-state index contributed by atoms with van der Waals surface area (Å²) >= 11 is 0. The number of nitrogen functional groups attached to an aromatic ring is 1. The van der Waals surface area contributed by atoms with E-state index in [0.29, 0.717) is 31.5 Å². The van der Waals surface area contributed by atoms with Crippen LogP contribution >= 0.6 is 0 Å². The Labute approximate surface area is 131 Å². The highest BCUT2D eigenvalue weighted by Crippen LogP contribution is 2.22.